The number of nitrogens with zero attached hydrogens (tertiary/aromatic N) is 3. The summed E-state index contributed by atoms with van der Waals surface area (Å²) in [5.74, 6) is -1.06. The van der Waals surface area contributed by atoms with Gasteiger partial charge in [0, 0.05) is 10.6 Å². The molecule has 0 bridgehead atoms. The van der Waals surface area contributed by atoms with Crippen molar-refractivity contribution < 1.29 is 24.2 Å². The minimum Gasteiger partial charge on any atom is -0.507 e. The summed E-state index contributed by atoms with van der Waals surface area (Å²) in [6, 6.07) is 10.4. The Morgan fingerprint density at radius 3 is 2.34 bits per heavy atom. The average Bonchev–Trinajstić information content (AvgIpc) is 3.34. The zero-order valence-electron chi connectivity index (χ0n) is 17.3. The zero-order valence-corrected chi connectivity index (χ0v) is 18.9. The first-order valence-corrected chi connectivity index (χ1v) is 10.6. The predicted octanol–water partition coefficient (Wildman–Crippen LogP) is 4.14. The van der Waals surface area contributed by atoms with E-state index in [-0.39, 0.29) is 16.5 Å². The maximum absolute atomic E-state index is 13.1. The van der Waals surface area contributed by atoms with E-state index in [1.807, 2.05) is 0 Å². The fourth-order valence-corrected chi connectivity index (χ4v) is 4.36. The number of aryl methyl sites for hydroxylation is 1. The van der Waals surface area contributed by atoms with Gasteiger partial charge in [-0.3, -0.25) is 14.5 Å². The molecule has 2 aromatic carbocycles. The van der Waals surface area contributed by atoms with Crippen LogP contribution in [0, 0.1) is 6.92 Å². The van der Waals surface area contributed by atoms with Crippen molar-refractivity contribution >= 4 is 45.5 Å². The molecular formula is C22H18ClN3O5S. The summed E-state index contributed by atoms with van der Waals surface area (Å²) in [7, 11) is 2.99. The molecule has 1 aromatic heterocycles. The summed E-state index contributed by atoms with van der Waals surface area (Å²) in [5.41, 5.74) is 0.814. The standard InChI is InChI=1S/C22H18ClN3O5S/c1-11-24-25-22(32-11)26-18(13-6-9-15(30-2)16(10-13)31-3)17(20(28)21(26)29)19(27)12-4-7-14(23)8-5-12/h4-10,18,27H,1-3H3/b19-17+. The van der Waals surface area contributed by atoms with Crippen LogP contribution in [0.2, 0.25) is 5.02 Å². The molecular weight excluding hydrogens is 454 g/mol. The van der Waals surface area contributed by atoms with Gasteiger partial charge in [0.2, 0.25) is 5.13 Å². The molecule has 3 aromatic rings. The van der Waals surface area contributed by atoms with E-state index in [1.54, 1.807) is 49.4 Å². The number of ether oxygens (including phenoxy) is 2. The van der Waals surface area contributed by atoms with E-state index >= 15 is 0 Å². The second-order valence-corrected chi connectivity index (χ2v) is 8.49. The van der Waals surface area contributed by atoms with Gasteiger partial charge in [-0.2, -0.15) is 0 Å². The number of hydrogen-bond acceptors (Lipinski definition) is 8. The van der Waals surface area contributed by atoms with Crippen LogP contribution in [0.3, 0.4) is 0 Å². The van der Waals surface area contributed by atoms with Crippen molar-refractivity contribution in [3.8, 4) is 11.5 Å². The monoisotopic (exact) mass is 471 g/mol. The summed E-state index contributed by atoms with van der Waals surface area (Å²) >= 11 is 7.12. The highest BCUT2D eigenvalue weighted by Crippen LogP contribution is 2.44. The van der Waals surface area contributed by atoms with Crippen molar-refractivity contribution in [3.63, 3.8) is 0 Å². The Hall–Kier alpha value is -3.43. The third kappa shape index (κ3) is 3.69. The summed E-state index contributed by atoms with van der Waals surface area (Å²) in [6.07, 6.45) is 0. The lowest BCUT2D eigenvalue weighted by Gasteiger charge is -2.23. The fourth-order valence-electron chi connectivity index (χ4n) is 3.51. The van der Waals surface area contributed by atoms with E-state index in [2.05, 4.69) is 10.2 Å². The Morgan fingerprint density at radius 2 is 1.75 bits per heavy atom. The van der Waals surface area contributed by atoms with E-state index in [4.69, 9.17) is 21.1 Å². The number of ketones is 1. The van der Waals surface area contributed by atoms with Gasteiger partial charge in [-0.1, -0.05) is 29.0 Å². The van der Waals surface area contributed by atoms with Crippen molar-refractivity contribution in [1.82, 2.24) is 10.2 Å². The van der Waals surface area contributed by atoms with Crippen LogP contribution in [0.25, 0.3) is 5.76 Å². The number of anilines is 1. The van der Waals surface area contributed by atoms with Gasteiger partial charge in [0.05, 0.1) is 25.8 Å². The largest absolute Gasteiger partial charge is 0.507 e. The van der Waals surface area contributed by atoms with Crippen LogP contribution < -0.4 is 14.4 Å². The van der Waals surface area contributed by atoms with Crippen molar-refractivity contribution in [2.24, 2.45) is 0 Å². The van der Waals surface area contributed by atoms with Crippen molar-refractivity contribution in [2.45, 2.75) is 13.0 Å². The van der Waals surface area contributed by atoms with Crippen molar-refractivity contribution in [3.05, 3.63) is 69.2 Å². The smallest absolute Gasteiger partial charge is 0.301 e. The third-order valence-electron chi connectivity index (χ3n) is 5.01. The van der Waals surface area contributed by atoms with Crippen LogP contribution in [0.1, 0.15) is 22.2 Å². The second-order valence-electron chi connectivity index (χ2n) is 6.89. The number of benzene rings is 2. The summed E-state index contributed by atoms with van der Waals surface area (Å²) < 4.78 is 10.7. The molecule has 1 amide bonds. The Kier molecular flexibility index (Phi) is 5.86. The lowest BCUT2D eigenvalue weighted by atomic mass is 9.95. The first-order chi connectivity index (χ1) is 15.3. The summed E-state index contributed by atoms with van der Waals surface area (Å²) in [6.45, 7) is 1.75. The van der Waals surface area contributed by atoms with Gasteiger partial charge >= 0.3 is 5.91 Å². The Labute approximate surface area is 192 Å². The lowest BCUT2D eigenvalue weighted by Crippen LogP contribution is -2.29. The van der Waals surface area contributed by atoms with Crippen LogP contribution >= 0.6 is 22.9 Å². The lowest BCUT2D eigenvalue weighted by molar-refractivity contribution is -0.132. The maximum Gasteiger partial charge on any atom is 0.301 e. The number of hydrogen-bond donors (Lipinski definition) is 1. The Morgan fingerprint density at radius 1 is 1.06 bits per heavy atom. The molecule has 8 nitrogen and oxygen atoms in total. The first kappa shape index (κ1) is 21.8. The van der Waals surface area contributed by atoms with E-state index < -0.39 is 17.7 Å². The number of aliphatic hydroxyl groups is 1. The molecule has 1 unspecified atom stereocenters. The summed E-state index contributed by atoms with van der Waals surface area (Å²) in [4.78, 5) is 27.4. The molecule has 1 atom stereocenters. The average molecular weight is 472 g/mol. The molecule has 1 fully saturated rings. The highest BCUT2D eigenvalue weighted by atomic mass is 35.5. The SMILES string of the molecule is COc1ccc(C2/C(=C(\O)c3ccc(Cl)cc3)C(=O)C(=O)N2c2nnc(C)s2)cc1OC. The third-order valence-corrected chi connectivity index (χ3v) is 6.10. The molecule has 0 aliphatic carbocycles. The number of methoxy groups -OCH3 is 2. The number of aliphatic hydroxyl groups excluding tert-OH is 1. The van der Waals surface area contributed by atoms with E-state index in [9.17, 15) is 14.7 Å². The first-order valence-electron chi connectivity index (χ1n) is 9.44. The predicted molar refractivity (Wildman–Crippen MR) is 120 cm³/mol. The van der Waals surface area contributed by atoms with Gasteiger partial charge in [-0.05, 0) is 48.9 Å². The van der Waals surface area contributed by atoms with Gasteiger partial charge in [0.25, 0.3) is 5.78 Å². The van der Waals surface area contributed by atoms with E-state index in [1.165, 1.54) is 30.5 Å². The minimum atomic E-state index is -0.946. The van der Waals surface area contributed by atoms with Gasteiger partial charge in [0.1, 0.15) is 10.8 Å². The van der Waals surface area contributed by atoms with Crippen LogP contribution in [0.5, 0.6) is 11.5 Å². The molecule has 164 valence electrons. The molecule has 1 aliphatic rings. The maximum atomic E-state index is 13.1. The van der Waals surface area contributed by atoms with Crippen LogP contribution in [-0.2, 0) is 9.59 Å². The number of halogens is 1. The van der Waals surface area contributed by atoms with Crippen LogP contribution in [0.4, 0.5) is 5.13 Å². The number of rotatable bonds is 5. The molecule has 1 saturated heterocycles. The molecule has 0 radical (unpaired) electrons. The number of aromatic nitrogens is 2. The molecule has 10 heteroatoms. The normalized spacial score (nSPS) is 17.6. The molecule has 32 heavy (non-hydrogen) atoms. The molecule has 2 heterocycles. The van der Waals surface area contributed by atoms with Crippen LogP contribution in [0.15, 0.2) is 48.0 Å². The van der Waals surface area contributed by atoms with Crippen molar-refractivity contribution in [1.29, 1.82) is 0 Å². The van der Waals surface area contributed by atoms with Gasteiger partial charge in [-0.25, -0.2) is 0 Å². The van der Waals surface area contributed by atoms with Crippen molar-refractivity contribution in [2.75, 3.05) is 19.1 Å². The summed E-state index contributed by atoms with van der Waals surface area (Å²) in [5, 5.41) is 20.5. The molecule has 1 aliphatic heterocycles. The minimum absolute atomic E-state index is 0.0719. The molecule has 0 spiro atoms. The van der Waals surface area contributed by atoms with E-state index in [0.717, 1.165) is 0 Å². The second kappa shape index (κ2) is 8.60. The zero-order chi connectivity index (χ0) is 23.0. The molecule has 4 rings (SSSR count). The van der Waals surface area contributed by atoms with Gasteiger partial charge in [0.15, 0.2) is 11.5 Å². The number of carbonyl (C=O) groups is 2. The Balaban J connectivity index is 1.95. The van der Waals surface area contributed by atoms with E-state index in [0.29, 0.717) is 32.7 Å². The van der Waals surface area contributed by atoms with Crippen LogP contribution in [-0.4, -0.2) is 41.2 Å². The highest BCUT2D eigenvalue weighted by Gasteiger charge is 2.48. The molecule has 0 saturated carbocycles. The highest BCUT2D eigenvalue weighted by molar-refractivity contribution is 7.15. The fraction of sp³-hybridized carbons (Fsp3) is 0.182. The quantitative estimate of drug-likeness (QED) is 0.339. The topological polar surface area (TPSA) is 102 Å². The number of amides is 1. The number of Topliss-reactive ketones (excluding diaryl/α,β-unsaturated/α-hetero) is 1. The Bertz CT molecular complexity index is 1240. The van der Waals surface area contributed by atoms with Gasteiger partial charge in [-0.15, -0.1) is 10.2 Å². The van der Waals surface area contributed by atoms with Gasteiger partial charge < -0.3 is 14.6 Å². The molecule has 1 N–H and O–H groups in total. The number of carbonyl (C=O) groups excluding carboxylic acids is 2.